The van der Waals surface area contributed by atoms with Crippen molar-refractivity contribution >= 4 is 21.6 Å². The minimum Gasteiger partial charge on any atom is -0.376 e. The van der Waals surface area contributed by atoms with Crippen LogP contribution in [0.1, 0.15) is 6.92 Å². The Labute approximate surface area is 106 Å². The minimum atomic E-state index is -3.45. The smallest absolute Gasteiger partial charge is 0.243 e. The van der Waals surface area contributed by atoms with Gasteiger partial charge in [0.2, 0.25) is 10.0 Å². The summed E-state index contributed by atoms with van der Waals surface area (Å²) in [4.78, 5) is 0.235. The molecule has 0 amide bonds. The van der Waals surface area contributed by atoms with Gasteiger partial charge in [-0.15, -0.1) is 0 Å². The van der Waals surface area contributed by atoms with Crippen molar-refractivity contribution in [1.29, 1.82) is 0 Å². The number of nitrogens with zero attached hydrogens (tertiary/aromatic N) is 1. The average molecular weight is 276 g/mol. The standard InChI is InChI=1S/C11H14ClNO3S/c1-9-8-13(5-6-16-9)17(14,15)11-4-2-3-10(12)7-11/h2-4,7,9H,5-6,8H2,1H3. The number of ether oxygens (including phenoxy) is 1. The largest absolute Gasteiger partial charge is 0.376 e. The number of hydrogen-bond acceptors (Lipinski definition) is 3. The highest BCUT2D eigenvalue weighted by Gasteiger charge is 2.29. The lowest BCUT2D eigenvalue weighted by Crippen LogP contribution is -2.44. The van der Waals surface area contributed by atoms with Gasteiger partial charge in [-0.05, 0) is 25.1 Å². The third-order valence-corrected chi connectivity index (χ3v) is 4.73. The van der Waals surface area contributed by atoms with Gasteiger partial charge in [-0.3, -0.25) is 0 Å². The first kappa shape index (κ1) is 12.8. The predicted molar refractivity (Wildman–Crippen MR) is 65.6 cm³/mol. The van der Waals surface area contributed by atoms with Crippen molar-refractivity contribution in [2.75, 3.05) is 19.7 Å². The summed E-state index contributed by atoms with van der Waals surface area (Å²) in [6.45, 7) is 3.06. The summed E-state index contributed by atoms with van der Waals surface area (Å²) in [5.41, 5.74) is 0. The second kappa shape index (κ2) is 4.94. The van der Waals surface area contributed by atoms with Gasteiger partial charge in [0.1, 0.15) is 0 Å². The lowest BCUT2D eigenvalue weighted by molar-refractivity contribution is 0.0102. The topological polar surface area (TPSA) is 46.6 Å². The third-order valence-electron chi connectivity index (χ3n) is 2.64. The van der Waals surface area contributed by atoms with E-state index in [1.807, 2.05) is 6.92 Å². The van der Waals surface area contributed by atoms with Crippen LogP contribution in [-0.2, 0) is 14.8 Å². The number of morpholine rings is 1. The average Bonchev–Trinajstić information content (AvgIpc) is 2.29. The van der Waals surface area contributed by atoms with Gasteiger partial charge in [0.25, 0.3) is 0 Å². The number of sulfonamides is 1. The molecule has 0 N–H and O–H groups in total. The summed E-state index contributed by atoms with van der Waals surface area (Å²) < 4.78 is 31.4. The third kappa shape index (κ3) is 2.80. The van der Waals surface area contributed by atoms with Crippen LogP contribution in [-0.4, -0.2) is 38.5 Å². The molecule has 6 heteroatoms. The molecule has 1 aliphatic rings. The molecule has 0 aromatic heterocycles. The second-order valence-electron chi connectivity index (χ2n) is 4.00. The Kier molecular flexibility index (Phi) is 3.73. The molecular formula is C11H14ClNO3S. The Morgan fingerprint density at radius 1 is 1.47 bits per heavy atom. The first-order chi connectivity index (χ1) is 8.00. The molecule has 0 saturated carbocycles. The molecule has 94 valence electrons. The molecule has 0 aliphatic carbocycles. The van der Waals surface area contributed by atoms with E-state index < -0.39 is 10.0 Å². The first-order valence-corrected chi connectivity index (χ1v) is 7.19. The van der Waals surface area contributed by atoms with Crippen LogP contribution >= 0.6 is 11.6 Å². The fourth-order valence-corrected chi connectivity index (χ4v) is 3.58. The maximum Gasteiger partial charge on any atom is 0.243 e. The molecule has 1 fully saturated rings. The molecule has 1 saturated heterocycles. The lowest BCUT2D eigenvalue weighted by Gasteiger charge is -2.30. The monoisotopic (exact) mass is 275 g/mol. The predicted octanol–water partition coefficient (Wildman–Crippen LogP) is 1.75. The van der Waals surface area contributed by atoms with Gasteiger partial charge in [-0.2, -0.15) is 4.31 Å². The van der Waals surface area contributed by atoms with E-state index >= 15 is 0 Å². The summed E-state index contributed by atoms with van der Waals surface area (Å²) in [6, 6.07) is 6.32. The number of benzene rings is 1. The highest BCUT2D eigenvalue weighted by molar-refractivity contribution is 7.89. The molecule has 0 radical (unpaired) electrons. The van der Waals surface area contributed by atoms with E-state index in [1.165, 1.54) is 10.4 Å². The molecule has 1 aromatic carbocycles. The van der Waals surface area contributed by atoms with E-state index in [2.05, 4.69) is 0 Å². The zero-order valence-electron chi connectivity index (χ0n) is 9.47. The number of rotatable bonds is 2. The normalized spacial score (nSPS) is 22.6. The Bertz CT molecular complexity index is 503. The van der Waals surface area contributed by atoms with Crippen LogP contribution in [0.3, 0.4) is 0 Å². The number of hydrogen-bond donors (Lipinski definition) is 0. The van der Waals surface area contributed by atoms with Crippen molar-refractivity contribution in [3.63, 3.8) is 0 Å². The lowest BCUT2D eigenvalue weighted by atomic mass is 10.3. The second-order valence-corrected chi connectivity index (χ2v) is 6.38. The maximum absolute atomic E-state index is 12.3. The van der Waals surface area contributed by atoms with Crippen molar-refractivity contribution in [1.82, 2.24) is 4.31 Å². The van der Waals surface area contributed by atoms with E-state index in [0.717, 1.165) is 0 Å². The number of halogens is 1. The summed E-state index contributed by atoms with van der Waals surface area (Å²) >= 11 is 5.81. The molecule has 1 heterocycles. The first-order valence-electron chi connectivity index (χ1n) is 5.37. The van der Waals surface area contributed by atoms with Crippen molar-refractivity contribution in [3.8, 4) is 0 Å². The molecule has 0 bridgehead atoms. The molecule has 4 nitrogen and oxygen atoms in total. The Morgan fingerprint density at radius 3 is 2.88 bits per heavy atom. The Morgan fingerprint density at radius 2 is 2.24 bits per heavy atom. The quantitative estimate of drug-likeness (QED) is 0.826. The van der Waals surface area contributed by atoms with Crippen LogP contribution < -0.4 is 0 Å². The van der Waals surface area contributed by atoms with Crippen molar-refractivity contribution in [2.24, 2.45) is 0 Å². The van der Waals surface area contributed by atoms with E-state index in [-0.39, 0.29) is 11.0 Å². The maximum atomic E-state index is 12.3. The van der Waals surface area contributed by atoms with Crippen molar-refractivity contribution in [3.05, 3.63) is 29.3 Å². The van der Waals surface area contributed by atoms with Crippen LogP contribution in [0, 0.1) is 0 Å². The molecule has 2 rings (SSSR count). The zero-order chi connectivity index (χ0) is 12.5. The molecule has 1 aromatic rings. The highest BCUT2D eigenvalue weighted by Crippen LogP contribution is 2.21. The Hall–Kier alpha value is -0.620. The summed E-state index contributed by atoms with van der Waals surface area (Å²) in [5.74, 6) is 0. The van der Waals surface area contributed by atoms with Gasteiger partial charge in [0, 0.05) is 18.1 Å². The Balaban J connectivity index is 2.29. The fourth-order valence-electron chi connectivity index (χ4n) is 1.78. The van der Waals surface area contributed by atoms with E-state index in [0.29, 0.717) is 24.7 Å². The van der Waals surface area contributed by atoms with Crippen molar-refractivity contribution < 1.29 is 13.2 Å². The minimum absolute atomic E-state index is 0.0716. The van der Waals surface area contributed by atoms with Crippen LogP contribution in [0.2, 0.25) is 5.02 Å². The molecule has 1 aliphatic heterocycles. The van der Waals surface area contributed by atoms with Gasteiger partial charge in [0.15, 0.2) is 0 Å². The summed E-state index contributed by atoms with van der Waals surface area (Å²) in [5, 5.41) is 0.424. The van der Waals surface area contributed by atoms with Gasteiger partial charge < -0.3 is 4.74 Å². The molecule has 1 atom stereocenters. The van der Waals surface area contributed by atoms with Crippen LogP contribution in [0.25, 0.3) is 0 Å². The zero-order valence-corrected chi connectivity index (χ0v) is 11.0. The molecular weight excluding hydrogens is 262 g/mol. The van der Waals surface area contributed by atoms with Crippen LogP contribution in [0.15, 0.2) is 29.2 Å². The summed E-state index contributed by atoms with van der Waals surface area (Å²) in [7, 11) is -3.45. The van der Waals surface area contributed by atoms with Gasteiger partial charge in [0.05, 0.1) is 17.6 Å². The van der Waals surface area contributed by atoms with Gasteiger partial charge >= 0.3 is 0 Å². The van der Waals surface area contributed by atoms with E-state index in [9.17, 15) is 8.42 Å². The fraction of sp³-hybridized carbons (Fsp3) is 0.455. The van der Waals surface area contributed by atoms with Gasteiger partial charge in [-0.25, -0.2) is 8.42 Å². The van der Waals surface area contributed by atoms with Gasteiger partial charge in [-0.1, -0.05) is 17.7 Å². The molecule has 1 unspecified atom stereocenters. The van der Waals surface area contributed by atoms with E-state index in [4.69, 9.17) is 16.3 Å². The SMILES string of the molecule is CC1CN(S(=O)(=O)c2cccc(Cl)c2)CCO1. The van der Waals surface area contributed by atoms with Crippen LogP contribution in [0.4, 0.5) is 0 Å². The molecule has 0 spiro atoms. The highest BCUT2D eigenvalue weighted by atomic mass is 35.5. The molecule has 17 heavy (non-hydrogen) atoms. The summed E-state index contributed by atoms with van der Waals surface area (Å²) in [6.07, 6.45) is -0.0716. The van der Waals surface area contributed by atoms with E-state index in [1.54, 1.807) is 18.2 Å². The van der Waals surface area contributed by atoms with Crippen LogP contribution in [0.5, 0.6) is 0 Å². The van der Waals surface area contributed by atoms with Crippen molar-refractivity contribution in [2.45, 2.75) is 17.9 Å².